The fourth-order valence-electron chi connectivity index (χ4n) is 2.90. The highest BCUT2D eigenvalue weighted by atomic mass is 19.3. The second-order valence-electron chi connectivity index (χ2n) is 6.28. The van der Waals surface area contributed by atoms with E-state index in [1.807, 2.05) is 0 Å². The molecule has 0 aliphatic rings. The van der Waals surface area contributed by atoms with Crippen LogP contribution >= 0.6 is 0 Å². The maximum absolute atomic E-state index is 12.7. The summed E-state index contributed by atoms with van der Waals surface area (Å²) in [6.07, 6.45) is 2.60. The number of carbonyl (C=O) groups excluding carboxylic acids is 1. The average Bonchev–Trinajstić information content (AvgIpc) is 2.76. The second-order valence-corrected chi connectivity index (χ2v) is 6.28. The van der Waals surface area contributed by atoms with E-state index in [4.69, 9.17) is 18.9 Å². The van der Waals surface area contributed by atoms with Gasteiger partial charge in [-0.3, -0.25) is 4.79 Å². The molecule has 9 heteroatoms. The van der Waals surface area contributed by atoms with Crippen LogP contribution in [0, 0.1) is 0 Å². The van der Waals surface area contributed by atoms with Gasteiger partial charge < -0.3 is 29.0 Å². The minimum absolute atomic E-state index is 0.133. The van der Waals surface area contributed by atoms with Gasteiger partial charge in [0.05, 0.1) is 34.5 Å². The van der Waals surface area contributed by atoms with Crippen molar-refractivity contribution >= 4 is 12.0 Å². The number of para-hydroxylation sites is 1. The molecule has 0 heterocycles. The summed E-state index contributed by atoms with van der Waals surface area (Å²) in [6.45, 7) is -1.25. The van der Waals surface area contributed by atoms with Crippen LogP contribution in [0.2, 0.25) is 0 Å². The van der Waals surface area contributed by atoms with Gasteiger partial charge in [-0.05, 0) is 36.8 Å². The molecule has 31 heavy (non-hydrogen) atoms. The van der Waals surface area contributed by atoms with Gasteiger partial charge in [0, 0.05) is 11.6 Å². The molecule has 168 valence electrons. The van der Waals surface area contributed by atoms with Crippen LogP contribution in [0.25, 0.3) is 6.08 Å². The van der Waals surface area contributed by atoms with E-state index in [1.54, 1.807) is 25.1 Å². The Labute approximate surface area is 179 Å². The van der Waals surface area contributed by atoms with E-state index in [0.717, 1.165) is 5.56 Å². The van der Waals surface area contributed by atoms with Gasteiger partial charge in [0.25, 0.3) is 0 Å². The van der Waals surface area contributed by atoms with Crippen molar-refractivity contribution in [2.75, 3.05) is 28.4 Å². The summed E-state index contributed by atoms with van der Waals surface area (Å²) in [6, 6.07) is 7.67. The van der Waals surface area contributed by atoms with Crippen LogP contribution < -0.4 is 29.0 Å². The lowest BCUT2D eigenvalue weighted by molar-refractivity contribution is -0.117. The van der Waals surface area contributed by atoms with Gasteiger partial charge in [0.1, 0.15) is 0 Å². The molecule has 0 aliphatic carbocycles. The summed E-state index contributed by atoms with van der Waals surface area (Å²) in [7, 11) is 5.84. The minimum atomic E-state index is -3.03. The Hall–Kier alpha value is -3.49. The lowest BCUT2D eigenvalue weighted by Crippen LogP contribution is -2.24. The molecule has 1 unspecified atom stereocenters. The number of halogens is 2. The lowest BCUT2D eigenvalue weighted by atomic mass is 10.1. The molecule has 2 rings (SSSR count). The zero-order chi connectivity index (χ0) is 23.0. The number of ether oxygens (including phenoxy) is 5. The van der Waals surface area contributed by atoms with Crippen molar-refractivity contribution < 1.29 is 37.3 Å². The van der Waals surface area contributed by atoms with Crippen LogP contribution in [-0.4, -0.2) is 41.0 Å². The Morgan fingerprint density at radius 1 is 0.935 bits per heavy atom. The van der Waals surface area contributed by atoms with Gasteiger partial charge in [-0.15, -0.1) is 0 Å². The summed E-state index contributed by atoms with van der Waals surface area (Å²) in [4.78, 5) is 12.4. The smallest absolute Gasteiger partial charge is 0.387 e. The number of alkyl halides is 2. The molecule has 2 aromatic carbocycles. The molecule has 0 radical (unpaired) electrons. The molecule has 0 saturated heterocycles. The van der Waals surface area contributed by atoms with Crippen LogP contribution in [-0.2, 0) is 4.79 Å². The van der Waals surface area contributed by atoms with Gasteiger partial charge in [-0.1, -0.05) is 12.1 Å². The quantitative estimate of drug-likeness (QED) is 0.561. The van der Waals surface area contributed by atoms with E-state index in [0.29, 0.717) is 17.2 Å². The fourth-order valence-corrected chi connectivity index (χ4v) is 2.90. The largest absolute Gasteiger partial charge is 0.493 e. The molecule has 0 aromatic heterocycles. The van der Waals surface area contributed by atoms with Gasteiger partial charge in [-0.25, -0.2) is 0 Å². The van der Waals surface area contributed by atoms with Gasteiger partial charge in [0.2, 0.25) is 11.7 Å². The van der Waals surface area contributed by atoms with Gasteiger partial charge >= 0.3 is 6.61 Å². The number of benzene rings is 2. The molecule has 0 spiro atoms. The van der Waals surface area contributed by atoms with E-state index in [9.17, 15) is 13.6 Å². The number of rotatable bonds is 10. The average molecular weight is 437 g/mol. The topological polar surface area (TPSA) is 75.3 Å². The molecular formula is C22H25F2NO6. The van der Waals surface area contributed by atoms with Crippen LogP contribution in [0.3, 0.4) is 0 Å². The first-order valence-corrected chi connectivity index (χ1v) is 9.24. The third-order valence-electron chi connectivity index (χ3n) is 4.40. The number of nitrogens with one attached hydrogen (secondary N) is 1. The highest BCUT2D eigenvalue weighted by Crippen LogP contribution is 2.39. The third-order valence-corrected chi connectivity index (χ3v) is 4.40. The maximum Gasteiger partial charge on any atom is 0.387 e. The van der Waals surface area contributed by atoms with Crippen molar-refractivity contribution in [3.05, 3.63) is 47.5 Å². The van der Waals surface area contributed by atoms with E-state index >= 15 is 0 Å². The number of hydrogen-bond acceptors (Lipinski definition) is 6. The predicted octanol–water partition coefficient (Wildman–Crippen LogP) is 4.21. The fraction of sp³-hybridized carbons (Fsp3) is 0.318. The highest BCUT2D eigenvalue weighted by molar-refractivity contribution is 5.92. The zero-order valence-electron chi connectivity index (χ0n) is 17.9. The summed E-state index contributed by atoms with van der Waals surface area (Å²) in [5.74, 6) is 0.900. The molecular weight excluding hydrogens is 412 g/mol. The van der Waals surface area contributed by atoms with E-state index in [2.05, 4.69) is 10.1 Å². The Bertz CT molecular complexity index is 907. The summed E-state index contributed by atoms with van der Waals surface area (Å²) in [5.41, 5.74) is 0.995. The third kappa shape index (κ3) is 6.00. The summed E-state index contributed by atoms with van der Waals surface area (Å²) >= 11 is 0. The normalized spacial score (nSPS) is 11.9. The minimum Gasteiger partial charge on any atom is -0.493 e. The Morgan fingerprint density at radius 3 is 2.06 bits per heavy atom. The SMILES string of the molecule is COc1cccc(/C=C/C(=O)NC(C)c2cc(OC)c(OC)c(OC)c2)c1OC(F)F. The Kier molecular flexibility index (Phi) is 8.48. The molecule has 0 aliphatic heterocycles. The van der Waals surface area contributed by atoms with Crippen LogP contribution in [0.5, 0.6) is 28.7 Å². The number of hydrogen-bond donors (Lipinski definition) is 1. The van der Waals surface area contributed by atoms with Crippen molar-refractivity contribution in [2.45, 2.75) is 19.6 Å². The second kappa shape index (κ2) is 11.1. The van der Waals surface area contributed by atoms with Crippen LogP contribution in [0.15, 0.2) is 36.4 Å². The first-order chi connectivity index (χ1) is 14.8. The monoisotopic (exact) mass is 437 g/mol. The molecule has 2 aromatic rings. The van der Waals surface area contributed by atoms with Crippen LogP contribution in [0.1, 0.15) is 24.1 Å². The first-order valence-electron chi connectivity index (χ1n) is 9.24. The first kappa shape index (κ1) is 23.8. The van der Waals surface area contributed by atoms with Crippen molar-refractivity contribution in [3.63, 3.8) is 0 Å². The van der Waals surface area contributed by atoms with Crippen molar-refractivity contribution in [1.29, 1.82) is 0 Å². The lowest BCUT2D eigenvalue weighted by Gasteiger charge is -2.18. The highest BCUT2D eigenvalue weighted by Gasteiger charge is 2.18. The Balaban J connectivity index is 2.21. The molecule has 7 nitrogen and oxygen atoms in total. The molecule has 1 atom stereocenters. The van der Waals surface area contributed by atoms with Crippen molar-refractivity contribution in [2.24, 2.45) is 0 Å². The van der Waals surface area contributed by atoms with Crippen molar-refractivity contribution in [1.82, 2.24) is 5.32 Å². The summed E-state index contributed by atoms with van der Waals surface area (Å²) < 4.78 is 51.0. The summed E-state index contributed by atoms with van der Waals surface area (Å²) in [5, 5.41) is 2.80. The molecule has 0 saturated carbocycles. The standard InChI is InChI=1S/C22H25F2NO6/c1-13(15-11-17(28-3)21(30-5)18(12-15)29-4)25-19(26)10-9-14-7-6-8-16(27-2)20(14)31-22(23)24/h6-13,22H,1-5H3,(H,25,26)/b10-9+. The zero-order valence-corrected chi connectivity index (χ0v) is 17.9. The van der Waals surface area contributed by atoms with E-state index in [1.165, 1.54) is 52.7 Å². The molecule has 1 N–H and O–H groups in total. The van der Waals surface area contributed by atoms with Crippen molar-refractivity contribution in [3.8, 4) is 28.7 Å². The Morgan fingerprint density at radius 2 is 1.55 bits per heavy atom. The number of methoxy groups -OCH3 is 4. The number of carbonyl (C=O) groups is 1. The maximum atomic E-state index is 12.7. The number of amides is 1. The van der Waals surface area contributed by atoms with Gasteiger partial charge in [0.15, 0.2) is 23.0 Å². The molecule has 0 fully saturated rings. The van der Waals surface area contributed by atoms with Gasteiger partial charge in [-0.2, -0.15) is 8.78 Å². The van der Waals surface area contributed by atoms with Crippen LogP contribution in [0.4, 0.5) is 8.78 Å². The predicted molar refractivity (Wildman–Crippen MR) is 111 cm³/mol. The molecule has 1 amide bonds. The molecule has 0 bridgehead atoms. The van der Waals surface area contributed by atoms with E-state index in [-0.39, 0.29) is 17.1 Å². The van der Waals surface area contributed by atoms with E-state index < -0.39 is 18.6 Å².